The molecular formula is C28H30FN3O5. The predicted molar refractivity (Wildman–Crippen MR) is 135 cm³/mol. The van der Waals surface area contributed by atoms with E-state index in [0.29, 0.717) is 41.9 Å². The van der Waals surface area contributed by atoms with Gasteiger partial charge in [-0.3, -0.25) is 9.69 Å². The Labute approximate surface area is 213 Å². The second kappa shape index (κ2) is 7.93. The van der Waals surface area contributed by atoms with Gasteiger partial charge in [-0.25, -0.2) is 14.2 Å². The van der Waals surface area contributed by atoms with Crippen LogP contribution in [0, 0.1) is 12.7 Å². The van der Waals surface area contributed by atoms with Crippen LogP contribution in [0.15, 0.2) is 16.9 Å². The molecule has 8 nitrogen and oxygen atoms in total. The molecule has 3 aliphatic rings. The Balaban J connectivity index is 1.70. The predicted octanol–water partition coefficient (Wildman–Crippen LogP) is 2.61. The summed E-state index contributed by atoms with van der Waals surface area (Å²) in [5.41, 5.74) is 2.75. The number of carbonyl (C=O) groups excluding carboxylic acids is 1. The highest BCUT2D eigenvalue weighted by Gasteiger charge is 2.47. The van der Waals surface area contributed by atoms with Crippen molar-refractivity contribution in [1.29, 1.82) is 0 Å². The van der Waals surface area contributed by atoms with Gasteiger partial charge in [-0.1, -0.05) is 6.92 Å². The van der Waals surface area contributed by atoms with Crippen molar-refractivity contribution in [2.45, 2.75) is 64.3 Å². The number of hydrogen-bond donors (Lipinski definition) is 2. The highest BCUT2D eigenvalue weighted by Crippen LogP contribution is 2.49. The second-order valence-electron chi connectivity index (χ2n) is 10.7. The van der Waals surface area contributed by atoms with Crippen molar-refractivity contribution in [3.8, 4) is 11.4 Å². The number of aliphatic hydroxyl groups excluding tert-OH is 1. The molecule has 2 atom stereocenters. The fourth-order valence-electron chi connectivity index (χ4n) is 6.57. The molecule has 0 unspecified atom stereocenters. The Kier molecular flexibility index (Phi) is 5.19. The number of nitrogens with zero attached hydrogens (tertiary/aromatic N) is 3. The van der Waals surface area contributed by atoms with E-state index in [1.807, 2.05) is 7.05 Å². The minimum Gasteiger partial charge on any atom is -0.458 e. The quantitative estimate of drug-likeness (QED) is 0.409. The van der Waals surface area contributed by atoms with Gasteiger partial charge in [0.25, 0.3) is 5.56 Å². The van der Waals surface area contributed by atoms with E-state index < -0.39 is 17.1 Å². The molecule has 1 aromatic carbocycles. The molecule has 194 valence electrons. The summed E-state index contributed by atoms with van der Waals surface area (Å²) >= 11 is 0. The number of halogens is 1. The average Bonchev–Trinajstić information content (AvgIpc) is 3.24. The van der Waals surface area contributed by atoms with Gasteiger partial charge in [0.15, 0.2) is 5.60 Å². The van der Waals surface area contributed by atoms with Crippen LogP contribution in [0.5, 0.6) is 0 Å². The van der Waals surface area contributed by atoms with Crippen molar-refractivity contribution in [2.24, 2.45) is 0 Å². The van der Waals surface area contributed by atoms with Gasteiger partial charge in [-0.05, 0) is 62.9 Å². The van der Waals surface area contributed by atoms with Crippen LogP contribution >= 0.6 is 0 Å². The molecule has 3 aromatic rings. The summed E-state index contributed by atoms with van der Waals surface area (Å²) in [4.78, 5) is 33.2. The van der Waals surface area contributed by atoms with Gasteiger partial charge in [-0.2, -0.15) is 0 Å². The lowest BCUT2D eigenvalue weighted by molar-refractivity contribution is -0.172. The molecule has 2 aromatic heterocycles. The summed E-state index contributed by atoms with van der Waals surface area (Å²) in [5.74, 6) is -1.09. The Morgan fingerprint density at radius 1 is 1.24 bits per heavy atom. The number of carbonyl (C=O) groups is 1. The molecule has 0 fully saturated rings. The first-order valence-corrected chi connectivity index (χ1v) is 12.7. The maximum atomic E-state index is 15.0. The maximum absolute atomic E-state index is 15.0. The number of benzene rings is 1. The molecule has 0 amide bonds. The normalized spacial score (nSPS) is 23.7. The van der Waals surface area contributed by atoms with Crippen LogP contribution in [-0.4, -0.2) is 50.8 Å². The van der Waals surface area contributed by atoms with E-state index in [-0.39, 0.29) is 48.7 Å². The van der Waals surface area contributed by atoms with Crippen molar-refractivity contribution >= 4 is 16.9 Å². The number of aliphatic hydroxyl groups is 2. The third-order valence-electron chi connectivity index (χ3n) is 8.98. The summed E-state index contributed by atoms with van der Waals surface area (Å²) in [7, 11) is 1.97. The van der Waals surface area contributed by atoms with Gasteiger partial charge in [0.2, 0.25) is 0 Å². The van der Waals surface area contributed by atoms with Crippen LogP contribution < -0.4 is 5.56 Å². The molecule has 0 saturated heterocycles. The van der Waals surface area contributed by atoms with Crippen molar-refractivity contribution in [3.05, 3.63) is 61.7 Å². The van der Waals surface area contributed by atoms with E-state index in [2.05, 4.69) is 11.8 Å². The van der Waals surface area contributed by atoms with Crippen LogP contribution in [0.3, 0.4) is 0 Å². The number of fused-ring (bicyclic) bond motifs is 5. The molecule has 1 aliphatic carbocycles. The summed E-state index contributed by atoms with van der Waals surface area (Å²) < 4.78 is 21.8. The average molecular weight is 508 g/mol. The third-order valence-corrected chi connectivity index (χ3v) is 8.98. The molecule has 9 heteroatoms. The molecule has 4 heterocycles. The molecule has 2 N–H and O–H groups in total. The topological polar surface area (TPSA) is 105 Å². The van der Waals surface area contributed by atoms with Crippen LogP contribution in [-0.2, 0) is 40.2 Å². The van der Waals surface area contributed by atoms with E-state index >= 15 is 4.39 Å². The molecule has 0 saturated carbocycles. The minimum absolute atomic E-state index is 0.00611. The van der Waals surface area contributed by atoms with Crippen molar-refractivity contribution in [1.82, 2.24) is 14.5 Å². The number of hydrogen-bond acceptors (Lipinski definition) is 7. The Morgan fingerprint density at radius 2 is 2.00 bits per heavy atom. The Bertz CT molecular complexity index is 1580. The zero-order chi connectivity index (χ0) is 26.4. The first-order valence-electron chi connectivity index (χ1n) is 12.7. The van der Waals surface area contributed by atoms with Gasteiger partial charge < -0.3 is 19.5 Å². The maximum Gasteiger partial charge on any atom is 0.343 e. The molecule has 0 spiro atoms. The zero-order valence-electron chi connectivity index (χ0n) is 21.4. The second-order valence-corrected chi connectivity index (χ2v) is 10.7. The third kappa shape index (κ3) is 3.02. The van der Waals surface area contributed by atoms with Gasteiger partial charge in [-0.15, -0.1) is 0 Å². The van der Waals surface area contributed by atoms with Crippen LogP contribution in [0.25, 0.3) is 22.3 Å². The molecule has 0 radical (unpaired) electrons. The van der Waals surface area contributed by atoms with E-state index in [4.69, 9.17) is 9.72 Å². The first kappa shape index (κ1) is 24.2. The summed E-state index contributed by atoms with van der Waals surface area (Å²) in [6, 6.07) is 3.13. The fourth-order valence-corrected chi connectivity index (χ4v) is 6.57. The lowest BCUT2D eigenvalue weighted by Crippen LogP contribution is -2.45. The summed E-state index contributed by atoms with van der Waals surface area (Å²) in [5, 5.41) is 21.8. The number of cyclic esters (lactones) is 1. The van der Waals surface area contributed by atoms with E-state index in [1.54, 1.807) is 24.5 Å². The van der Waals surface area contributed by atoms with Gasteiger partial charge >= 0.3 is 5.97 Å². The number of likely N-dealkylation sites (N-methyl/N-ethyl adjacent to an activating group) is 1. The zero-order valence-corrected chi connectivity index (χ0v) is 21.4. The number of aromatic nitrogens is 2. The number of rotatable bonds is 4. The van der Waals surface area contributed by atoms with Crippen molar-refractivity contribution in [2.75, 3.05) is 20.2 Å². The van der Waals surface area contributed by atoms with Gasteiger partial charge in [0, 0.05) is 34.7 Å². The lowest BCUT2D eigenvalue weighted by atomic mass is 9.73. The number of ether oxygens (including phenoxy) is 1. The molecule has 0 bridgehead atoms. The number of pyridine rings is 2. The standard InChI is InChI=1S/C28H30FN3O5/c1-5-28(36)18-10-21-24-16(12-32(21)25(34)17(18)13-37-26(28)35)23-22-15(14(2)19(29)11-20(22)30-24)6-7-27(23,3)31(4)8-9-33/h10-11,33,36H,5-9,12-13H2,1-4H3/t27-,28+/m1/s1. The van der Waals surface area contributed by atoms with E-state index in [9.17, 15) is 19.8 Å². The highest BCUT2D eigenvalue weighted by molar-refractivity contribution is 5.93. The fraction of sp³-hybridized carbons (Fsp3) is 0.464. The monoisotopic (exact) mass is 507 g/mol. The molecule has 2 aliphatic heterocycles. The first-order chi connectivity index (χ1) is 17.6. The Morgan fingerprint density at radius 3 is 2.70 bits per heavy atom. The lowest BCUT2D eigenvalue weighted by Gasteiger charge is -2.44. The van der Waals surface area contributed by atoms with Gasteiger partial charge in [0.1, 0.15) is 12.4 Å². The number of esters is 1. The van der Waals surface area contributed by atoms with Crippen LogP contribution in [0.2, 0.25) is 0 Å². The van der Waals surface area contributed by atoms with Crippen LogP contribution in [0.4, 0.5) is 4.39 Å². The summed E-state index contributed by atoms with van der Waals surface area (Å²) in [6.07, 6.45) is 1.44. The van der Waals surface area contributed by atoms with E-state index in [1.165, 1.54) is 6.07 Å². The molecule has 37 heavy (non-hydrogen) atoms. The van der Waals surface area contributed by atoms with E-state index in [0.717, 1.165) is 22.1 Å². The highest BCUT2D eigenvalue weighted by atomic mass is 19.1. The number of aryl methyl sites for hydroxylation is 1. The minimum atomic E-state index is -1.91. The smallest absolute Gasteiger partial charge is 0.343 e. The van der Waals surface area contributed by atoms with Crippen LogP contribution in [0.1, 0.15) is 60.1 Å². The van der Waals surface area contributed by atoms with Crippen molar-refractivity contribution in [3.63, 3.8) is 0 Å². The molecular weight excluding hydrogens is 477 g/mol. The largest absolute Gasteiger partial charge is 0.458 e. The summed E-state index contributed by atoms with van der Waals surface area (Å²) in [6.45, 7) is 6.10. The SMILES string of the molecule is CC[C@@]1(O)C(=O)OCc2c1cc1n(c2=O)Cc2c-1nc1cc(F)c(C)c3c1c2[C@](C)(N(C)CCO)CC3. The van der Waals surface area contributed by atoms with Gasteiger partial charge in [0.05, 0.1) is 35.6 Å². The Hall–Kier alpha value is -3.14. The molecule has 6 rings (SSSR count). The van der Waals surface area contributed by atoms with Crippen molar-refractivity contribution < 1.29 is 24.1 Å².